The normalized spacial score (nSPS) is 10.5. The van der Waals surface area contributed by atoms with Gasteiger partial charge < -0.3 is 9.30 Å². The average Bonchev–Trinajstić information content (AvgIpc) is 2.94. The maximum absolute atomic E-state index is 11.3. The number of hydrogen-bond acceptors (Lipinski definition) is 6. The van der Waals surface area contributed by atoms with E-state index < -0.39 is 0 Å². The highest BCUT2D eigenvalue weighted by Gasteiger charge is 2.13. The van der Waals surface area contributed by atoms with Crippen LogP contribution in [0.15, 0.2) is 47.0 Å². The summed E-state index contributed by atoms with van der Waals surface area (Å²) >= 11 is 3.03. The number of carbonyl (C=O) groups is 1. The lowest BCUT2D eigenvalue weighted by molar-refractivity contribution is -0.137. The van der Waals surface area contributed by atoms with Crippen LogP contribution in [0, 0.1) is 6.92 Å². The van der Waals surface area contributed by atoms with Crippen molar-refractivity contribution in [2.24, 2.45) is 0 Å². The Morgan fingerprint density at radius 1 is 1.30 bits per heavy atom. The number of aryl methyl sites for hydroxylation is 1. The molecule has 23 heavy (non-hydrogen) atoms. The van der Waals surface area contributed by atoms with Crippen LogP contribution in [0.1, 0.15) is 11.4 Å². The minimum Gasteiger partial charge on any atom is -0.468 e. The molecule has 0 amide bonds. The molecular formula is C16H19N3O2S2. The Labute approximate surface area is 144 Å². The van der Waals surface area contributed by atoms with E-state index >= 15 is 0 Å². The van der Waals surface area contributed by atoms with Gasteiger partial charge in [-0.15, -0.1) is 28.5 Å². The molecule has 0 saturated heterocycles. The van der Waals surface area contributed by atoms with Crippen molar-refractivity contribution in [1.29, 1.82) is 0 Å². The molecule has 0 N–H and O–H groups in total. The van der Waals surface area contributed by atoms with Crippen molar-refractivity contribution in [1.82, 2.24) is 14.8 Å². The molecule has 5 nitrogen and oxygen atoms in total. The van der Waals surface area contributed by atoms with Gasteiger partial charge in [-0.05, 0) is 19.1 Å². The van der Waals surface area contributed by atoms with Gasteiger partial charge in [0.25, 0.3) is 0 Å². The van der Waals surface area contributed by atoms with E-state index in [0.29, 0.717) is 17.5 Å². The number of nitrogens with zero attached hydrogens (tertiary/aromatic N) is 3. The molecule has 1 aromatic carbocycles. The molecule has 0 unspecified atom stereocenters. The van der Waals surface area contributed by atoms with Crippen LogP contribution in [0.3, 0.4) is 0 Å². The van der Waals surface area contributed by atoms with Gasteiger partial charge in [-0.25, -0.2) is 0 Å². The first kappa shape index (κ1) is 17.6. The van der Waals surface area contributed by atoms with Crippen LogP contribution >= 0.6 is 23.5 Å². The zero-order chi connectivity index (χ0) is 16.7. The fraction of sp³-hybridized carbons (Fsp3) is 0.312. The average molecular weight is 349 g/mol. The number of rotatable bonds is 8. The number of aromatic nitrogens is 3. The molecule has 7 heteroatoms. The Kier molecular flexibility index (Phi) is 6.73. The number of esters is 1. The Bertz CT molecular complexity index is 668. The van der Waals surface area contributed by atoms with E-state index in [9.17, 15) is 4.79 Å². The van der Waals surface area contributed by atoms with Gasteiger partial charge in [0.1, 0.15) is 5.82 Å². The van der Waals surface area contributed by atoms with E-state index in [0.717, 1.165) is 5.82 Å². The third kappa shape index (κ3) is 5.14. The van der Waals surface area contributed by atoms with Crippen LogP contribution in [0.2, 0.25) is 0 Å². The van der Waals surface area contributed by atoms with Crippen molar-refractivity contribution in [3.8, 4) is 0 Å². The molecule has 0 saturated carbocycles. The van der Waals surface area contributed by atoms with Gasteiger partial charge in [-0.2, -0.15) is 0 Å². The molecule has 0 aliphatic heterocycles. The molecule has 2 rings (SSSR count). The van der Waals surface area contributed by atoms with Crippen LogP contribution in [0.25, 0.3) is 0 Å². The zero-order valence-electron chi connectivity index (χ0n) is 13.2. The summed E-state index contributed by atoms with van der Waals surface area (Å²) in [6, 6.07) is 8.38. The molecule has 2 aromatic rings. The molecule has 0 bridgehead atoms. The Balaban J connectivity index is 2.05. The lowest BCUT2D eigenvalue weighted by atomic mass is 10.2. The maximum atomic E-state index is 11.3. The van der Waals surface area contributed by atoms with Crippen LogP contribution in [0.5, 0.6) is 0 Å². The van der Waals surface area contributed by atoms with E-state index in [1.54, 1.807) is 17.8 Å². The maximum Gasteiger partial charge on any atom is 0.316 e. The molecule has 0 fully saturated rings. The molecule has 1 aromatic heterocycles. The standard InChI is InChI=1S/C16H19N3O2S2/c1-4-9-19-14(10-22-13-7-5-12(2)6-8-13)17-18-16(19)23-11-15(20)21-3/h4-8H,1,9-11H2,2-3H3. The zero-order valence-corrected chi connectivity index (χ0v) is 14.8. The third-order valence-electron chi connectivity index (χ3n) is 3.04. The Hall–Kier alpha value is -1.73. The minimum absolute atomic E-state index is 0.219. The Morgan fingerprint density at radius 2 is 2.04 bits per heavy atom. The van der Waals surface area contributed by atoms with Crippen LogP contribution in [0.4, 0.5) is 0 Å². The molecule has 0 spiro atoms. The summed E-state index contributed by atoms with van der Waals surface area (Å²) in [7, 11) is 1.38. The molecule has 0 aliphatic rings. The predicted octanol–water partition coefficient (Wildman–Crippen LogP) is 3.33. The Morgan fingerprint density at radius 3 is 2.70 bits per heavy atom. The number of carbonyl (C=O) groups excluding carboxylic acids is 1. The van der Waals surface area contributed by atoms with Gasteiger partial charge in [0.15, 0.2) is 5.16 Å². The van der Waals surface area contributed by atoms with Crippen molar-refractivity contribution in [3.05, 3.63) is 48.3 Å². The van der Waals surface area contributed by atoms with Gasteiger partial charge in [-0.3, -0.25) is 4.79 Å². The van der Waals surface area contributed by atoms with E-state index in [-0.39, 0.29) is 11.7 Å². The number of benzene rings is 1. The smallest absolute Gasteiger partial charge is 0.316 e. The summed E-state index contributed by atoms with van der Waals surface area (Å²) in [6.07, 6.45) is 1.80. The third-order valence-corrected chi connectivity index (χ3v) is 4.99. The van der Waals surface area contributed by atoms with Gasteiger partial charge in [-0.1, -0.05) is 35.5 Å². The lowest BCUT2D eigenvalue weighted by Gasteiger charge is -2.07. The highest BCUT2D eigenvalue weighted by Crippen LogP contribution is 2.25. The summed E-state index contributed by atoms with van der Waals surface area (Å²) in [4.78, 5) is 12.5. The van der Waals surface area contributed by atoms with Crippen molar-refractivity contribution in [2.75, 3.05) is 12.9 Å². The van der Waals surface area contributed by atoms with Crippen molar-refractivity contribution >= 4 is 29.5 Å². The molecule has 0 aliphatic carbocycles. The van der Waals surface area contributed by atoms with Crippen LogP contribution in [-0.2, 0) is 21.8 Å². The number of thioether (sulfide) groups is 2. The SMILES string of the molecule is C=CCn1c(CSc2ccc(C)cc2)nnc1SCC(=O)OC. The van der Waals surface area contributed by atoms with E-state index in [1.807, 2.05) is 4.57 Å². The highest BCUT2D eigenvalue weighted by molar-refractivity contribution is 7.99. The first-order chi connectivity index (χ1) is 11.1. The molecular weight excluding hydrogens is 330 g/mol. The molecule has 0 atom stereocenters. The quantitative estimate of drug-likeness (QED) is 0.414. The summed E-state index contributed by atoms with van der Waals surface area (Å²) < 4.78 is 6.63. The highest BCUT2D eigenvalue weighted by atomic mass is 32.2. The van der Waals surface area contributed by atoms with Crippen LogP contribution in [-0.4, -0.2) is 33.6 Å². The second-order valence-corrected chi connectivity index (χ2v) is 6.76. The number of allylic oxidation sites excluding steroid dienone is 1. The first-order valence-electron chi connectivity index (χ1n) is 7.06. The largest absolute Gasteiger partial charge is 0.468 e. The van der Waals surface area contributed by atoms with Gasteiger partial charge in [0.2, 0.25) is 0 Å². The van der Waals surface area contributed by atoms with Gasteiger partial charge in [0, 0.05) is 11.4 Å². The fourth-order valence-corrected chi connectivity index (χ4v) is 3.45. The van der Waals surface area contributed by atoms with Gasteiger partial charge in [0.05, 0.1) is 18.6 Å². The molecule has 0 radical (unpaired) electrons. The summed E-state index contributed by atoms with van der Waals surface area (Å²) in [5, 5.41) is 9.12. The fourth-order valence-electron chi connectivity index (χ4n) is 1.81. The number of methoxy groups -OCH3 is 1. The van der Waals surface area contributed by atoms with E-state index in [1.165, 1.54) is 29.3 Å². The van der Waals surface area contributed by atoms with Crippen molar-refractivity contribution in [2.45, 2.75) is 29.3 Å². The second kappa shape index (κ2) is 8.79. The minimum atomic E-state index is -0.279. The molecule has 1 heterocycles. The molecule has 122 valence electrons. The summed E-state index contributed by atoms with van der Waals surface area (Å²) in [6.45, 7) is 6.45. The summed E-state index contributed by atoms with van der Waals surface area (Å²) in [5.74, 6) is 1.51. The number of ether oxygens (including phenoxy) is 1. The predicted molar refractivity (Wildman–Crippen MR) is 93.7 cm³/mol. The van der Waals surface area contributed by atoms with E-state index in [2.05, 4.69) is 52.7 Å². The monoisotopic (exact) mass is 349 g/mol. The summed E-state index contributed by atoms with van der Waals surface area (Å²) in [5.41, 5.74) is 1.24. The van der Waals surface area contributed by atoms with Crippen molar-refractivity contribution < 1.29 is 9.53 Å². The van der Waals surface area contributed by atoms with Crippen LogP contribution < -0.4 is 0 Å². The number of hydrogen-bond donors (Lipinski definition) is 0. The topological polar surface area (TPSA) is 57.0 Å². The second-order valence-electron chi connectivity index (χ2n) is 4.76. The van der Waals surface area contributed by atoms with E-state index in [4.69, 9.17) is 0 Å². The van der Waals surface area contributed by atoms with Crippen molar-refractivity contribution in [3.63, 3.8) is 0 Å². The lowest BCUT2D eigenvalue weighted by Crippen LogP contribution is -2.07. The van der Waals surface area contributed by atoms with Gasteiger partial charge >= 0.3 is 5.97 Å². The first-order valence-corrected chi connectivity index (χ1v) is 9.03.